The van der Waals surface area contributed by atoms with Crippen molar-refractivity contribution in [1.82, 2.24) is 9.13 Å². The SMILES string of the molecule is Cn1c2ccccc2c2cc3c(cc21)c1ccccc1n3-c1ccc(-c2ccccc2)cc1. The van der Waals surface area contributed by atoms with Gasteiger partial charge in [0.05, 0.1) is 11.0 Å². The van der Waals surface area contributed by atoms with Gasteiger partial charge in [-0.15, -0.1) is 0 Å². The normalized spacial score (nSPS) is 11.8. The molecule has 2 nitrogen and oxygen atoms in total. The molecule has 0 aliphatic heterocycles. The second-order valence-corrected chi connectivity index (χ2v) is 8.73. The van der Waals surface area contributed by atoms with Gasteiger partial charge in [0.1, 0.15) is 0 Å². The lowest BCUT2D eigenvalue weighted by Gasteiger charge is -2.10. The van der Waals surface area contributed by atoms with Crippen LogP contribution in [0.15, 0.2) is 115 Å². The summed E-state index contributed by atoms with van der Waals surface area (Å²) < 4.78 is 4.71. The molecule has 0 saturated carbocycles. The number of rotatable bonds is 2. The van der Waals surface area contributed by atoms with Crippen LogP contribution < -0.4 is 0 Å². The van der Waals surface area contributed by atoms with Crippen LogP contribution in [-0.4, -0.2) is 9.13 Å². The van der Waals surface area contributed by atoms with Crippen molar-refractivity contribution < 1.29 is 0 Å². The number of nitrogens with zero attached hydrogens (tertiary/aromatic N) is 2. The Kier molecular flexibility index (Phi) is 3.80. The van der Waals surface area contributed by atoms with E-state index in [1.807, 2.05) is 0 Å². The molecule has 7 aromatic rings. The molecular weight excluding hydrogens is 400 g/mol. The molecule has 2 aromatic heterocycles. The lowest BCUT2D eigenvalue weighted by Crippen LogP contribution is -1.94. The smallest absolute Gasteiger partial charge is 0.0548 e. The predicted molar refractivity (Wildman–Crippen MR) is 140 cm³/mol. The highest BCUT2D eigenvalue weighted by Crippen LogP contribution is 2.38. The minimum Gasteiger partial charge on any atom is -0.344 e. The molecule has 156 valence electrons. The first-order chi connectivity index (χ1) is 16.3. The van der Waals surface area contributed by atoms with E-state index in [2.05, 4.69) is 131 Å². The monoisotopic (exact) mass is 422 g/mol. The van der Waals surface area contributed by atoms with Crippen LogP contribution in [-0.2, 0) is 7.05 Å². The summed E-state index contributed by atoms with van der Waals surface area (Å²) in [5.41, 5.74) is 8.67. The third-order valence-corrected chi connectivity index (χ3v) is 6.94. The quantitative estimate of drug-likeness (QED) is 0.266. The molecule has 0 amide bonds. The molecule has 0 atom stereocenters. The lowest BCUT2D eigenvalue weighted by molar-refractivity contribution is 1.02. The summed E-state index contributed by atoms with van der Waals surface area (Å²) >= 11 is 0. The first kappa shape index (κ1) is 18.3. The predicted octanol–water partition coefficient (Wildman–Crippen LogP) is 8.10. The van der Waals surface area contributed by atoms with Crippen molar-refractivity contribution in [2.45, 2.75) is 0 Å². The number of hydrogen-bond donors (Lipinski definition) is 0. The van der Waals surface area contributed by atoms with Crippen LogP contribution in [0, 0.1) is 0 Å². The first-order valence-corrected chi connectivity index (χ1v) is 11.4. The number of fused-ring (bicyclic) bond motifs is 6. The minimum atomic E-state index is 1.18. The highest BCUT2D eigenvalue weighted by molar-refractivity contribution is 6.18. The third kappa shape index (κ3) is 2.61. The Morgan fingerprint density at radius 2 is 0.970 bits per heavy atom. The number of para-hydroxylation sites is 2. The van der Waals surface area contributed by atoms with Crippen molar-refractivity contribution in [2.75, 3.05) is 0 Å². The molecular formula is C31H22N2. The van der Waals surface area contributed by atoms with Crippen molar-refractivity contribution in [3.63, 3.8) is 0 Å². The van der Waals surface area contributed by atoms with E-state index in [0.29, 0.717) is 0 Å². The van der Waals surface area contributed by atoms with Crippen LogP contribution in [0.25, 0.3) is 60.4 Å². The fraction of sp³-hybridized carbons (Fsp3) is 0.0323. The molecule has 0 unspecified atom stereocenters. The van der Waals surface area contributed by atoms with Crippen molar-refractivity contribution >= 4 is 43.6 Å². The largest absolute Gasteiger partial charge is 0.344 e. The second kappa shape index (κ2) is 6.85. The van der Waals surface area contributed by atoms with Gasteiger partial charge in [0, 0.05) is 45.3 Å². The number of benzene rings is 5. The van der Waals surface area contributed by atoms with E-state index in [-0.39, 0.29) is 0 Å². The molecule has 7 rings (SSSR count). The van der Waals surface area contributed by atoms with Crippen molar-refractivity contribution in [3.05, 3.63) is 115 Å². The summed E-state index contributed by atoms with van der Waals surface area (Å²) in [6.07, 6.45) is 0. The molecule has 0 aliphatic rings. The van der Waals surface area contributed by atoms with Gasteiger partial charge in [-0.05, 0) is 47.5 Å². The third-order valence-electron chi connectivity index (χ3n) is 6.94. The zero-order chi connectivity index (χ0) is 21.9. The summed E-state index contributed by atoms with van der Waals surface area (Å²) in [4.78, 5) is 0. The number of aryl methyl sites for hydroxylation is 1. The first-order valence-electron chi connectivity index (χ1n) is 11.4. The highest BCUT2D eigenvalue weighted by Gasteiger charge is 2.16. The van der Waals surface area contributed by atoms with Gasteiger partial charge < -0.3 is 9.13 Å². The summed E-state index contributed by atoms with van der Waals surface area (Å²) in [7, 11) is 2.16. The van der Waals surface area contributed by atoms with E-state index in [1.54, 1.807) is 0 Å². The van der Waals surface area contributed by atoms with Crippen molar-refractivity contribution in [1.29, 1.82) is 0 Å². The fourth-order valence-corrected chi connectivity index (χ4v) is 5.33. The Bertz CT molecular complexity index is 1800. The van der Waals surface area contributed by atoms with Gasteiger partial charge >= 0.3 is 0 Å². The number of aromatic nitrogens is 2. The Hall–Kier alpha value is -4.30. The fourth-order valence-electron chi connectivity index (χ4n) is 5.33. The van der Waals surface area contributed by atoms with Crippen LogP contribution >= 0.6 is 0 Å². The molecule has 0 spiro atoms. The lowest BCUT2D eigenvalue weighted by atomic mass is 10.1. The Labute approximate surface area is 191 Å². The molecule has 0 saturated heterocycles. The molecule has 33 heavy (non-hydrogen) atoms. The zero-order valence-electron chi connectivity index (χ0n) is 18.4. The Balaban J connectivity index is 1.54. The second-order valence-electron chi connectivity index (χ2n) is 8.73. The average molecular weight is 423 g/mol. The van der Waals surface area contributed by atoms with Crippen LogP contribution in [0.3, 0.4) is 0 Å². The number of hydrogen-bond acceptors (Lipinski definition) is 0. The molecule has 0 fully saturated rings. The van der Waals surface area contributed by atoms with Gasteiger partial charge in [-0.1, -0.05) is 78.9 Å². The van der Waals surface area contributed by atoms with E-state index in [4.69, 9.17) is 0 Å². The molecule has 5 aromatic carbocycles. The van der Waals surface area contributed by atoms with Gasteiger partial charge in [0.25, 0.3) is 0 Å². The van der Waals surface area contributed by atoms with Gasteiger partial charge in [0.15, 0.2) is 0 Å². The molecule has 2 heterocycles. The average Bonchev–Trinajstić information content (AvgIpc) is 3.35. The molecule has 0 bridgehead atoms. The maximum Gasteiger partial charge on any atom is 0.0548 e. The maximum absolute atomic E-state index is 2.40. The molecule has 0 N–H and O–H groups in total. The molecule has 0 radical (unpaired) electrons. The topological polar surface area (TPSA) is 9.86 Å². The van der Waals surface area contributed by atoms with Gasteiger partial charge in [-0.25, -0.2) is 0 Å². The highest BCUT2D eigenvalue weighted by atomic mass is 15.0. The Morgan fingerprint density at radius 1 is 0.424 bits per heavy atom. The maximum atomic E-state index is 2.40. The van der Waals surface area contributed by atoms with E-state index in [1.165, 1.54) is 60.4 Å². The summed E-state index contributed by atoms with van der Waals surface area (Å²) in [6.45, 7) is 0. The molecule has 2 heteroatoms. The minimum absolute atomic E-state index is 1.18. The Morgan fingerprint density at radius 3 is 1.73 bits per heavy atom. The van der Waals surface area contributed by atoms with Crippen LogP contribution in [0.4, 0.5) is 0 Å². The van der Waals surface area contributed by atoms with E-state index in [0.717, 1.165) is 0 Å². The van der Waals surface area contributed by atoms with Crippen LogP contribution in [0.1, 0.15) is 0 Å². The summed E-state index contributed by atoms with van der Waals surface area (Å²) in [6, 6.07) is 41.6. The van der Waals surface area contributed by atoms with Crippen molar-refractivity contribution in [2.24, 2.45) is 7.05 Å². The molecule has 0 aliphatic carbocycles. The van der Waals surface area contributed by atoms with Gasteiger partial charge in [0.2, 0.25) is 0 Å². The van der Waals surface area contributed by atoms with E-state index >= 15 is 0 Å². The van der Waals surface area contributed by atoms with Crippen molar-refractivity contribution in [3.8, 4) is 16.8 Å². The zero-order valence-corrected chi connectivity index (χ0v) is 18.4. The van der Waals surface area contributed by atoms with E-state index in [9.17, 15) is 0 Å². The summed E-state index contributed by atoms with van der Waals surface area (Å²) in [5.74, 6) is 0. The van der Waals surface area contributed by atoms with E-state index < -0.39 is 0 Å². The summed E-state index contributed by atoms with van der Waals surface area (Å²) in [5, 5.41) is 5.17. The van der Waals surface area contributed by atoms with Crippen LogP contribution in [0.5, 0.6) is 0 Å². The van der Waals surface area contributed by atoms with Crippen LogP contribution in [0.2, 0.25) is 0 Å². The van der Waals surface area contributed by atoms with Gasteiger partial charge in [-0.3, -0.25) is 0 Å². The van der Waals surface area contributed by atoms with Gasteiger partial charge in [-0.2, -0.15) is 0 Å². The standard InChI is InChI=1S/C31H22N2/c1-32-28-13-7-5-11-24(28)26-20-31-27(19-30(26)32)25-12-6-8-14-29(25)33(31)23-17-15-22(16-18-23)21-9-3-2-4-10-21/h2-20H,1H3.